The van der Waals surface area contributed by atoms with Gasteiger partial charge in [0.1, 0.15) is 6.10 Å². The van der Waals surface area contributed by atoms with E-state index in [1.165, 1.54) is 5.56 Å². The first-order valence-corrected chi connectivity index (χ1v) is 6.92. The Morgan fingerprint density at radius 1 is 0.842 bits per heavy atom. The highest BCUT2D eigenvalue weighted by molar-refractivity contribution is 6.38. The Hall–Kier alpha value is -1.28. The number of halogens is 2. The molecule has 1 fully saturated rings. The molecule has 0 radical (unpaired) electrons. The molecule has 0 amide bonds. The van der Waals surface area contributed by atoms with Gasteiger partial charge in [-0.05, 0) is 34.5 Å². The SMILES string of the molecule is Clc1cccc2c([C@@H]3CO3)c3cccc(Cl)c3cc12. The fourth-order valence-corrected chi connectivity index (χ4v) is 3.15. The fourth-order valence-electron chi connectivity index (χ4n) is 2.69. The molecule has 1 aliphatic rings. The zero-order chi connectivity index (χ0) is 13.0. The molecule has 3 heteroatoms. The van der Waals surface area contributed by atoms with E-state index in [1.807, 2.05) is 24.3 Å². The number of hydrogen-bond acceptors (Lipinski definition) is 1. The van der Waals surface area contributed by atoms with Crippen molar-refractivity contribution in [3.05, 3.63) is 58.1 Å². The van der Waals surface area contributed by atoms with E-state index in [0.717, 1.165) is 38.2 Å². The Morgan fingerprint density at radius 2 is 1.37 bits per heavy atom. The predicted octanol–water partition coefficient (Wildman–Crippen LogP) is 5.37. The van der Waals surface area contributed by atoms with Crippen molar-refractivity contribution in [3.63, 3.8) is 0 Å². The molecule has 0 spiro atoms. The van der Waals surface area contributed by atoms with Crippen LogP contribution >= 0.6 is 23.2 Å². The van der Waals surface area contributed by atoms with E-state index in [9.17, 15) is 0 Å². The lowest BCUT2D eigenvalue weighted by Gasteiger charge is -2.11. The van der Waals surface area contributed by atoms with Crippen LogP contribution in [0.1, 0.15) is 11.7 Å². The Balaban J connectivity index is 2.26. The zero-order valence-electron chi connectivity index (χ0n) is 9.99. The van der Waals surface area contributed by atoms with Gasteiger partial charge in [0.2, 0.25) is 0 Å². The van der Waals surface area contributed by atoms with Crippen molar-refractivity contribution in [1.82, 2.24) is 0 Å². The molecule has 3 aromatic rings. The lowest BCUT2D eigenvalue weighted by Crippen LogP contribution is -1.89. The molecule has 0 saturated carbocycles. The maximum atomic E-state index is 6.32. The molecule has 0 bridgehead atoms. The van der Waals surface area contributed by atoms with Crippen LogP contribution in [0.25, 0.3) is 21.5 Å². The zero-order valence-corrected chi connectivity index (χ0v) is 11.5. The highest BCUT2D eigenvalue weighted by Crippen LogP contribution is 2.43. The van der Waals surface area contributed by atoms with Gasteiger partial charge >= 0.3 is 0 Å². The van der Waals surface area contributed by atoms with Crippen LogP contribution in [0, 0.1) is 0 Å². The van der Waals surface area contributed by atoms with Gasteiger partial charge in [0.15, 0.2) is 0 Å². The summed E-state index contributed by atoms with van der Waals surface area (Å²) in [5.41, 5.74) is 1.21. The fraction of sp³-hybridized carbons (Fsp3) is 0.125. The summed E-state index contributed by atoms with van der Waals surface area (Å²) in [6.07, 6.45) is 0.170. The molecule has 1 atom stereocenters. The van der Waals surface area contributed by atoms with Crippen molar-refractivity contribution in [2.45, 2.75) is 6.10 Å². The number of rotatable bonds is 1. The van der Waals surface area contributed by atoms with Gasteiger partial charge < -0.3 is 4.74 Å². The maximum absolute atomic E-state index is 6.32. The van der Waals surface area contributed by atoms with Crippen LogP contribution < -0.4 is 0 Å². The number of benzene rings is 3. The minimum Gasteiger partial charge on any atom is -0.368 e. The van der Waals surface area contributed by atoms with Gasteiger partial charge in [-0.1, -0.05) is 47.5 Å². The Labute approximate surface area is 120 Å². The summed E-state index contributed by atoms with van der Waals surface area (Å²) >= 11 is 12.6. The number of epoxide rings is 1. The second-order valence-corrected chi connectivity index (χ2v) is 5.60. The van der Waals surface area contributed by atoms with Crippen LogP contribution in [0.4, 0.5) is 0 Å². The second-order valence-electron chi connectivity index (χ2n) is 4.78. The maximum Gasteiger partial charge on any atom is 0.107 e. The van der Waals surface area contributed by atoms with Crippen molar-refractivity contribution in [1.29, 1.82) is 0 Å². The van der Waals surface area contributed by atoms with E-state index in [1.54, 1.807) is 0 Å². The Bertz CT molecular complexity index is 747. The van der Waals surface area contributed by atoms with Crippen molar-refractivity contribution in [2.24, 2.45) is 0 Å². The van der Waals surface area contributed by atoms with Crippen LogP contribution in [0.15, 0.2) is 42.5 Å². The summed E-state index contributed by atoms with van der Waals surface area (Å²) < 4.78 is 5.50. The van der Waals surface area contributed by atoms with Crippen LogP contribution in [-0.4, -0.2) is 6.61 Å². The lowest BCUT2D eigenvalue weighted by molar-refractivity contribution is 0.418. The van der Waals surface area contributed by atoms with Gasteiger partial charge in [-0.3, -0.25) is 0 Å². The van der Waals surface area contributed by atoms with Gasteiger partial charge in [0, 0.05) is 20.8 Å². The molecule has 3 aromatic carbocycles. The summed E-state index contributed by atoms with van der Waals surface area (Å²) in [4.78, 5) is 0. The normalized spacial score (nSPS) is 18.1. The minimum absolute atomic E-state index is 0.170. The molecule has 0 aromatic heterocycles. The van der Waals surface area contributed by atoms with E-state index in [-0.39, 0.29) is 6.10 Å². The van der Waals surface area contributed by atoms with E-state index < -0.39 is 0 Å². The predicted molar refractivity (Wildman–Crippen MR) is 80.2 cm³/mol. The molecule has 4 rings (SSSR count). The summed E-state index contributed by atoms with van der Waals surface area (Å²) in [5, 5.41) is 5.89. The van der Waals surface area contributed by atoms with Gasteiger partial charge in [0.25, 0.3) is 0 Å². The average molecular weight is 289 g/mol. The van der Waals surface area contributed by atoms with E-state index >= 15 is 0 Å². The number of ether oxygens (including phenoxy) is 1. The monoisotopic (exact) mass is 288 g/mol. The van der Waals surface area contributed by atoms with Crippen LogP contribution in [-0.2, 0) is 4.74 Å². The summed E-state index contributed by atoms with van der Waals surface area (Å²) in [5.74, 6) is 0. The molecule has 94 valence electrons. The quantitative estimate of drug-likeness (QED) is 0.433. The van der Waals surface area contributed by atoms with Gasteiger partial charge in [-0.25, -0.2) is 0 Å². The molecular weight excluding hydrogens is 279 g/mol. The first-order chi connectivity index (χ1) is 9.25. The first-order valence-electron chi connectivity index (χ1n) is 6.16. The number of fused-ring (bicyclic) bond motifs is 2. The largest absolute Gasteiger partial charge is 0.368 e. The molecule has 0 aliphatic carbocycles. The van der Waals surface area contributed by atoms with Crippen molar-refractivity contribution in [2.75, 3.05) is 6.61 Å². The van der Waals surface area contributed by atoms with Crippen molar-refractivity contribution >= 4 is 44.7 Å². The van der Waals surface area contributed by atoms with E-state index in [2.05, 4.69) is 18.2 Å². The molecule has 0 N–H and O–H groups in total. The standard InChI is InChI=1S/C16H10Cl2O/c17-13-5-1-3-9-11(13)7-12-10(4-2-6-14(12)18)16(9)15-8-19-15/h1-7,15H,8H2/t15-/m0/s1. The van der Waals surface area contributed by atoms with E-state index in [4.69, 9.17) is 27.9 Å². The lowest BCUT2D eigenvalue weighted by atomic mass is 9.95. The molecule has 1 nitrogen and oxygen atoms in total. The molecule has 1 saturated heterocycles. The summed E-state index contributed by atoms with van der Waals surface area (Å²) in [6.45, 7) is 0.771. The molecule has 19 heavy (non-hydrogen) atoms. The summed E-state index contributed by atoms with van der Waals surface area (Å²) in [6, 6.07) is 14.0. The third-order valence-electron chi connectivity index (χ3n) is 3.63. The number of hydrogen-bond donors (Lipinski definition) is 0. The average Bonchev–Trinajstić information content (AvgIpc) is 3.22. The Morgan fingerprint density at radius 3 is 1.84 bits per heavy atom. The molecule has 0 unspecified atom stereocenters. The van der Waals surface area contributed by atoms with Gasteiger partial charge in [0.05, 0.1) is 6.61 Å². The van der Waals surface area contributed by atoms with Crippen LogP contribution in [0.2, 0.25) is 10.0 Å². The van der Waals surface area contributed by atoms with Crippen molar-refractivity contribution < 1.29 is 4.74 Å². The topological polar surface area (TPSA) is 12.5 Å². The smallest absolute Gasteiger partial charge is 0.107 e. The van der Waals surface area contributed by atoms with Crippen LogP contribution in [0.3, 0.4) is 0 Å². The van der Waals surface area contributed by atoms with Crippen LogP contribution in [0.5, 0.6) is 0 Å². The second kappa shape index (κ2) is 4.11. The van der Waals surface area contributed by atoms with Gasteiger partial charge in [-0.15, -0.1) is 0 Å². The Kier molecular flexibility index (Phi) is 2.49. The third kappa shape index (κ3) is 1.73. The first kappa shape index (κ1) is 11.5. The highest BCUT2D eigenvalue weighted by Gasteiger charge is 2.29. The molecule has 1 aliphatic heterocycles. The third-order valence-corrected chi connectivity index (χ3v) is 4.29. The minimum atomic E-state index is 0.170. The highest BCUT2D eigenvalue weighted by atomic mass is 35.5. The molecule has 1 heterocycles. The van der Waals surface area contributed by atoms with E-state index in [0.29, 0.717) is 0 Å². The van der Waals surface area contributed by atoms with Gasteiger partial charge in [-0.2, -0.15) is 0 Å². The van der Waals surface area contributed by atoms with Crippen molar-refractivity contribution in [3.8, 4) is 0 Å². The molecular formula is C16H10Cl2O. The summed E-state index contributed by atoms with van der Waals surface area (Å²) in [7, 11) is 0.